The van der Waals surface area contributed by atoms with Gasteiger partial charge < -0.3 is 5.73 Å². The standard InChI is InChI=1S/C23H21N3O2S/c1-13-8-7-11-17(12-13)21-25-22-19(23(28)26(21)14(2)20(24)27)18(15(3)29-22)16-9-5-4-6-10-16/h4-12,14H,1-3H3,(H2,24,27). The van der Waals surface area contributed by atoms with Gasteiger partial charge in [-0.05, 0) is 32.4 Å². The monoisotopic (exact) mass is 403 g/mol. The highest BCUT2D eigenvalue weighted by Gasteiger charge is 2.24. The number of fused-ring (bicyclic) bond motifs is 1. The zero-order valence-electron chi connectivity index (χ0n) is 16.5. The van der Waals surface area contributed by atoms with Crippen molar-refractivity contribution in [1.29, 1.82) is 0 Å². The molecule has 0 radical (unpaired) electrons. The van der Waals surface area contributed by atoms with Crippen molar-refractivity contribution in [2.75, 3.05) is 0 Å². The molecule has 0 saturated carbocycles. The maximum absolute atomic E-state index is 13.7. The Morgan fingerprint density at radius 3 is 2.41 bits per heavy atom. The van der Waals surface area contributed by atoms with Crippen LogP contribution in [0.2, 0.25) is 0 Å². The Labute approximate surface area is 172 Å². The van der Waals surface area contributed by atoms with Crippen LogP contribution >= 0.6 is 11.3 Å². The summed E-state index contributed by atoms with van der Waals surface area (Å²) in [5.41, 5.74) is 8.99. The van der Waals surface area contributed by atoms with Crippen molar-refractivity contribution in [3.63, 3.8) is 0 Å². The van der Waals surface area contributed by atoms with Gasteiger partial charge in [-0.15, -0.1) is 11.3 Å². The summed E-state index contributed by atoms with van der Waals surface area (Å²) < 4.78 is 1.43. The van der Waals surface area contributed by atoms with Crippen LogP contribution in [0.5, 0.6) is 0 Å². The van der Waals surface area contributed by atoms with Gasteiger partial charge in [-0.25, -0.2) is 4.98 Å². The Hall–Kier alpha value is -3.25. The molecule has 1 unspecified atom stereocenters. The molecule has 0 saturated heterocycles. The van der Waals surface area contributed by atoms with Crippen LogP contribution in [0.15, 0.2) is 59.4 Å². The molecule has 2 aromatic heterocycles. The first-order chi connectivity index (χ1) is 13.9. The van der Waals surface area contributed by atoms with E-state index in [-0.39, 0.29) is 5.56 Å². The summed E-state index contributed by atoms with van der Waals surface area (Å²) in [6, 6.07) is 16.7. The van der Waals surface area contributed by atoms with Gasteiger partial charge in [0.2, 0.25) is 5.91 Å². The van der Waals surface area contributed by atoms with Gasteiger partial charge in [0, 0.05) is 16.0 Å². The number of primary amides is 1. The van der Waals surface area contributed by atoms with Crippen molar-refractivity contribution < 1.29 is 4.79 Å². The Balaban J connectivity index is 2.12. The molecule has 2 N–H and O–H groups in total. The van der Waals surface area contributed by atoms with Crippen molar-refractivity contribution in [1.82, 2.24) is 9.55 Å². The van der Waals surface area contributed by atoms with Crippen LogP contribution in [0.4, 0.5) is 0 Å². The van der Waals surface area contributed by atoms with Crippen molar-refractivity contribution in [3.8, 4) is 22.5 Å². The molecule has 4 rings (SSSR count). The van der Waals surface area contributed by atoms with Gasteiger partial charge in [-0.1, -0.05) is 54.1 Å². The van der Waals surface area contributed by atoms with E-state index in [2.05, 4.69) is 0 Å². The minimum atomic E-state index is -0.821. The van der Waals surface area contributed by atoms with E-state index < -0.39 is 11.9 Å². The molecule has 4 aromatic rings. The molecule has 0 fully saturated rings. The fraction of sp³-hybridized carbons (Fsp3) is 0.174. The molecule has 0 aliphatic carbocycles. The van der Waals surface area contributed by atoms with Gasteiger partial charge in [0.25, 0.3) is 5.56 Å². The number of thiophene rings is 1. The number of carbonyl (C=O) groups is 1. The number of rotatable bonds is 4. The van der Waals surface area contributed by atoms with Gasteiger partial charge in [0.15, 0.2) is 0 Å². The lowest BCUT2D eigenvalue weighted by molar-refractivity contribution is -0.120. The molecule has 6 heteroatoms. The SMILES string of the molecule is Cc1cccc(-c2nc3sc(C)c(-c4ccccc4)c3c(=O)n2C(C)C(N)=O)c1. The maximum Gasteiger partial charge on any atom is 0.263 e. The second-order valence-corrected chi connectivity index (χ2v) is 8.34. The molecule has 0 spiro atoms. The summed E-state index contributed by atoms with van der Waals surface area (Å²) in [5, 5.41) is 0.531. The quantitative estimate of drug-likeness (QED) is 0.547. The highest BCUT2D eigenvalue weighted by atomic mass is 32.1. The molecule has 1 amide bonds. The molecular formula is C23H21N3O2S. The largest absolute Gasteiger partial charge is 0.368 e. The van der Waals surface area contributed by atoms with Gasteiger partial charge in [-0.2, -0.15) is 0 Å². The van der Waals surface area contributed by atoms with Crippen LogP contribution in [0.25, 0.3) is 32.7 Å². The first kappa shape index (κ1) is 19.1. The summed E-state index contributed by atoms with van der Waals surface area (Å²) in [5.74, 6) is -0.117. The molecule has 2 heterocycles. The summed E-state index contributed by atoms with van der Waals surface area (Å²) in [6.07, 6.45) is 0. The lowest BCUT2D eigenvalue weighted by Crippen LogP contribution is -2.33. The summed E-state index contributed by atoms with van der Waals surface area (Å²) in [6.45, 7) is 5.60. The minimum Gasteiger partial charge on any atom is -0.368 e. The average Bonchev–Trinajstić information content (AvgIpc) is 3.04. The van der Waals surface area contributed by atoms with Crippen LogP contribution in [0.3, 0.4) is 0 Å². The van der Waals surface area contributed by atoms with E-state index in [4.69, 9.17) is 10.7 Å². The smallest absolute Gasteiger partial charge is 0.263 e. The van der Waals surface area contributed by atoms with Crippen LogP contribution < -0.4 is 11.3 Å². The summed E-state index contributed by atoms with van der Waals surface area (Å²) in [4.78, 5) is 32.2. The van der Waals surface area contributed by atoms with E-state index in [1.54, 1.807) is 6.92 Å². The second kappa shape index (κ2) is 7.29. The predicted molar refractivity (Wildman–Crippen MR) is 118 cm³/mol. The highest BCUT2D eigenvalue weighted by molar-refractivity contribution is 7.19. The number of carbonyl (C=O) groups excluding carboxylic acids is 1. The molecule has 146 valence electrons. The highest BCUT2D eigenvalue weighted by Crippen LogP contribution is 2.37. The molecule has 5 nitrogen and oxygen atoms in total. The summed E-state index contributed by atoms with van der Waals surface area (Å²) >= 11 is 1.49. The first-order valence-electron chi connectivity index (χ1n) is 9.36. The third-order valence-corrected chi connectivity index (χ3v) is 6.07. The van der Waals surface area contributed by atoms with Crippen molar-refractivity contribution >= 4 is 27.5 Å². The summed E-state index contributed by atoms with van der Waals surface area (Å²) in [7, 11) is 0. The van der Waals surface area contributed by atoms with Crippen molar-refractivity contribution in [2.45, 2.75) is 26.8 Å². The second-order valence-electron chi connectivity index (χ2n) is 7.14. The Bertz CT molecular complexity index is 1290. The van der Waals surface area contributed by atoms with Crippen LogP contribution in [-0.2, 0) is 4.79 Å². The van der Waals surface area contributed by atoms with Crippen LogP contribution in [-0.4, -0.2) is 15.5 Å². The van der Waals surface area contributed by atoms with Gasteiger partial charge >= 0.3 is 0 Å². The zero-order chi connectivity index (χ0) is 20.7. The van der Waals surface area contributed by atoms with E-state index in [9.17, 15) is 9.59 Å². The van der Waals surface area contributed by atoms with Gasteiger partial charge in [0.05, 0.1) is 5.39 Å². The fourth-order valence-corrected chi connectivity index (χ4v) is 4.64. The number of aryl methyl sites for hydroxylation is 2. The molecule has 0 aliphatic heterocycles. The molecular weight excluding hydrogens is 382 g/mol. The zero-order valence-corrected chi connectivity index (χ0v) is 17.3. The van der Waals surface area contributed by atoms with E-state index in [1.807, 2.05) is 68.4 Å². The molecule has 2 aromatic carbocycles. The topological polar surface area (TPSA) is 78.0 Å². The third-order valence-electron chi connectivity index (χ3n) is 5.07. The molecule has 0 aliphatic rings. The number of amides is 1. The van der Waals surface area contributed by atoms with E-state index >= 15 is 0 Å². The lowest BCUT2D eigenvalue weighted by atomic mass is 10.0. The maximum atomic E-state index is 13.7. The number of hydrogen-bond acceptors (Lipinski definition) is 4. The number of hydrogen-bond donors (Lipinski definition) is 1. The Morgan fingerprint density at radius 1 is 1.07 bits per heavy atom. The van der Waals surface area contributed by atoms with E-state index in [0.29, 0.717) is 16.0 Å². The van der Waals surface area contributed by atoms with E-state index in [0.717, 1.165) is 27.1 Å². The number of nitrogens with two attached hydrogens (primary N) is 1. The van der Waals surface area contributed by atoms with Crippen LogP contribution in [0, 0.1) is 13.8 Å². The average molecular weight is 404 g/mol. The fourth-order valence-electron chi connectivity index (χ4n) is 3.60. The minimum absolute atomic E-state index is 0.249. The van der Waals surface area contributed by atoms with Crippen molar-refractivity contribution in [3.05, 3.63) is 75.4 Å². The Kier molecular flexibility index (Phi) is 4.80. The number of nitrogens with zero attached hydrogens (tertiary/aromatic N) is 2. The van der Waals surface area contributed by atoms with Gasteiger partial charge in [-0.3, -0.25) is 14.2 Å². The Morgan fingerprint density at radius 2 is 1.76 bits per heavy atom. The molecule has 0 bridgehead atoms. The van der Waals surface area contributed by atoms with E-state index in [1.165, 1.54) is 15.9 Å². The molecule has 29 heavy (non-hydrogen) atoms. The molecule has 1 atom stereocenters. The normalized spacial score (nSPS) is 12.2. The lowest BCUT2D eigenvalue weighted by Gasteiger charge is -2.17. The number of benzene rings is 2. The van der Waals surface area contributed by atoms with Crippen LogP contribution in [0.1, 0.15) is 23.4 Å². The first-order valence-corrected chi connectivity index (χ1v) is 10.2. The predicted octanol–water partition coefficient (Wildman–Crippen LogP) is 4.46. The number of aromatic nitrogens is 2. The van der Waals surface area contributed by atoms with Gasteiger partial charge in [0.1, 0.15) is 16.7 Å². The third kappa shape index (κ3) is 3.25. The van der Waals surface area contributed by atoms with Crippen molar-refractivity contribution in [2.24, 2.45) is 5.73 Å².